The van der Waals surface area contributed by atoms with Crippen LogP contribution in [-0.2, 0) is 5.41 Å². The van der Waals surface area contributed by atoms with Crippen molar-refractivity contribution < 1.29 is 4.42 Å². The summed E-state index contributed by atoms with van der Waals surface area (Å²) in [6, 6.07) is 33.1. The predicted octanol–water partition coefficient (Wildman–Crippen LogP) is 10.5. The van der Waals surface area contributed by atoms with Crippen molar-refractivity contribution in [2.24, 2.45) is 5.92 Å². The van der Waals surface area contributed by atoms with Gasteiger partial charge in [-0.05, 0) is 99.1 Å². The molecule has 6 aromatic rings. The van der Waals surface area contributed by atoms with Gasteiger partial charge in [0.05, 0.1) is 5.41 Å². The fourth-order valence-electron chi connectivity index (χ4n) is 8.77. The molecule has 0 aliphatic heterocycles. The summed E-state index contributed by atoms with van der Waals surface area (Å²) in [6.07, 6.45) is 14.5. The molecule has 1 spiro atoms. The van der Waals surface area contributed by atoms with Crippen LogP contribution in [0.4, 0.5) is 0 Å². The zero-order valence-electron chi connectivity index (χ0n) is 25.0. The van der Waals surface area contributed by atoms with Gasteiger partial charge in [-0.15, -0.1) is 0 Å². The molecule has 2 atom stereocenters. The number of hydrogen-bond donors (Lipinski definition) is 0. The van der Waals surface area contributed by atoms with Gasteiger partial charge in [0.25, 0.3) is 0 Å². The van der Waals surface area contributed by atoms with Gasteiger partial charge in [-0.25, -0.2) is 9.97 Å². The standard InChI is InChI=1S/C42H30N2O/c1-25-10-9-15-31-32-22-27(18-20-36(32)42(38(25)31)34-16-7-5-13-29(34)30-14-6-8-17-35(30)42)28-19-21-37-33(23-28)40-41(45-37)39(43-24-44-40)26-11-3-2-4-12-26/h2-7,9,11-16,18-25H,8,10,17H2,1H3. The van der Waals surface area contributed by atoms with E-state index >= 15 is 0 Å². The SMILES string of the molecule is CC1CC=CC2=C1C1(C3=C(C=CCC3)c3ccccc31)c1ccc(-c3ccc4oc5c(-c6ccccc6)ncnc5c4c3)cc12. The van der Waals surface area contributed by atoms with Gasteiger partial charge in [-0.3, -0.25) is 0 Å². The molecule has 2 unspecified atom stereocenters. The third-order valence-electron chi connectivity index (χ3n) is 10.6. The van der Waals surface area contributed by atoms with E-state index in [1.54, 1.807) is 17.5 Å². The first-order chi connectivity index (χ1) is 22.2. The average molecular weight is 579 g/mol. The molecule has 0 bridgehead atoms. The fourth-order valence-corrected chi connectivity index (χ4v) is 8.77. The summed E-state index contributed by atoms with van der Waals surface area (Å²) in [5.41, 5.74) is 18.2. The van der Waals surface area contributed by atoms with E-state index in [9.17, 15) is 0 Å². The van der Waals surface area contributed by atoms with Crippen LogP contribution >= 0.6 is 0 Å². The molecule has 0 N–H and O–H groups in total. The van der Waals surface area contributed by atoms with E-state index in [-0.39, 0.29) is 5.41 Å². The summed E-state index contributed by atoms with van der Waals surface area (Å²) in [5, 5.41) is 1.01. The number of furan rings is 1. The molecule has 3 nitrogen and oxygen atoms in total. The van der Waals surface area contributed by atoms with Gasteiger partial charge in [-0.2, -0.15) is 0 Å². The van der Waals surface area contributed by atoms with Crippen LogP contribution in [0, 0.1) is 5.92 Å². The topological polar surface area (TPSA) is 38.9 Å². The van der Waals surface area contributed by atoms with Crippen LogP contribution < -0.4 is 0 Å². The van der Waals surface area contributed by atoms with Crippen LogP contribution in [0.1, 0.15) is 48.4 Å². The van der Waals surface area contributed by atoms with E-state index in [0.717, 1.165) is 58.2 Å². The normalized spacial score (nSPS) is 21.1. The highest BCUT2D eigenvalue weighted by Crippen LogP contribution is 2.65. The Morgan fingerprint density at radius 3 is 2.47 bits per heavy atom. The van der Waals surface area contributed by atoms with Gasteiger partial charge in [0, 0.05) is 10.9 Å². The van der Waals surface area contributed by atoms with E-state index in [0.29, 0.717) is 5.92 Å². The number of fused-ring (bicyclic) bond motifs is 11. The van der Waals surface area contributed by atoms with Gasteiger partial charge < -0.3 is 4.42 Å². The molecule has 214 valence electrons. The summed E-state index contributed by atoms with van der Waals surface area (Å²) in [7, 11) is 0. The third kappa shape index (κ3) is 3.25. The van der Waals surface area contributed by atoms with E-state index in [1.807, 2.05) is 18.2 Å². The minimum Gasteiger partial charge on any atom is -0.452 e. The van der Waals surface area contributed by atoms with E-state index in [1.165, 1.54) is 39.0 Å². The Morgan fingerprint density at radius 1 is 0.733 bits per heavy atom. The lowest BCUT2D eigenvalue weighted by Gasteiger charge is -2.38. The molecular weight excluding hydrogens is 548 g/mol. The molecule has 3 heteroatoms. The summed E-state index contributed by atoms with van der Waals surface area (Å²) >= 11 is 0. The van der Waals surface area contributed by atoms with Gasteiger partial charge in [0.2, 0.25) is 0 Å². The Kier molecular flexibility index (Phi) is 5.08. The Balaban J connectivity index is 1.18. The van der Waals surface area contributed by atoms with E-state index in [4.69, 9.17) is 4.42 Å². The van der Waals surface area contributed by atoms with Crippen molar-refractivity contribution >= 4 is 33.2 Å². The quantitative estimate of drug-likeness (QED) is 0.205. The number of aromatic nitrogens is 2. The number of nitrogens with zero attached hydrogens (tertiary/aromatic N) is 2. The number of rotatable bonds is 2. The molecule has 0 saturated heterocycles. The maximum atomic E-state index is 6.38. The highest BCUT2D eigenvalue weighted by Gasteiger charge is 2.54. The Morgan fingerprint density at radius 2 is 1.53 bits per heavy atom. The maximum absolute atomic E-state index is 6.38. The van der Waals surface area contributed by atoms with Crippen LogP contribution in [-0.4, -0.2) is 9.97 Å². The molecule has 4 aromatic carbocycles. The Bertz CT molecular complexity index is 2370. The van der Waals surface area contributed by atoms with E-state index < -0.39 is 0 Å². The van der Waals surface area contributed by atoms with Crippen molar-refractivity contribution in [3.8, 4) is 22.4 Å². The molecule has 0 amide bonds. The minimum atomic E-state index is -0.181. The largest absolute Gasteiger partial charge is 0.452 e. The van der Waals surface area contributed by atoms with Crippen LogP contribution in [0.15, 0.2) is 137 Å². The number of hydrogen-bond acceptors (Lipinski definition) is 3. The highest BCUT2D eigenvalue weighted by molar-refractivity contribution is 6.08. The molecule has 4 aliphatic carbocycles. The average Bonchev–Trinajstić information content (AvgIpc) is 3.72. The molecule has 10 rings (SSSR count). The molecule has 0 fully saturated rings. The molecule has 0 saturated carbocycles. The lowest BCUT2D eigenvalue weighted by atomic mass is 9.63. The summed E-state index contributed by atoms with van der Waals surface area (Å²) in [6.45, 7) is 2.43. The van der Waals surface area contributed by atoms with Gasteiger partial charge in [0.15, 0.2) is 5.58 Å². The lowest BCUT2D eigenvalue weighted by Crippen LogP contribution is -2.32. The number of allylic oxidation sites excluding steroid dienone is 8. The summed E-state index contributed by atoms with van der Waals surface area (Å²) in [4.78, 5) is 9.28. The van der Waals surface area contributed by atoms with Gasteiger partial charge in [0.1, 0.15) is 23.1 Å². The van der Waals surface area contributed by atoms with Crippen molar-refractivity contribution in [3.63, 3.8) is 0 Å². The molecule has 45 heavy (non-hydrogen) atoms. The van der Waals surface area contributed by atoms with Crippen molar-refractivity contribution in [2.75, 3.05) is 0 Å². The van der Waals surface area contributed by atoms with Crippen LogP contribution in [0.3, 0.4) is 0 Å². The first-order valence-corrected chi connectivity index (χ1v) is 16.0. The highest BCUT2D eigenvalue weighted by atomic mass is 16.3. The van der Waals surface area contributed by atoms with Gasteiger partial charge >= 0.3 is 0 Å². The fraction of sp³-hybridized carbons (Fsp3) is 0.143. The minimum absolute atomic E-state index is 0.181. The maximum Gasteiger partial charge on any atom is 0.180 e. The van der Waals surface area contributed by atoms with Crippen molar-refractivity contribution in [2.45, 2.75) is 31.6 Å². The zero-order chi connectivity index (χ0) is 29.7. The Labute approximate surface area is 262 Å². The first kappa shape index (κ1) is 25.1. The predicted molar refractivity (Wildman–Crippen MR) is 183 cm³/mol. The zero-order valence-corrected chi connectivity index (χ0v) is 25.0. The van der Waals surface area contributed by atoms with Crippen molar-refractivity contribution in [1.29, 1.82) is 0 Å². The second-order valence-corrected chi connectivity index (χ2v) is 12.8. The molecule has 4 aliphatic rings. The van der Waals surface area contributed by atoms with Crippen LogP contribution in [0.2, 0.25) is 0 Å². The van der Waals surface area contributed by atoms with Crippen molar-refractivity contribution in [1.82, 2.24) is 9.97 Å². The van der Waals surface area contributed by atoms with Crippen molar-refractivity contribution in [3.05, 3.63) is 155 Å². The second kappa shape index (κ2) is 9.12. The molecular formula is C42H30N2O. The molecule has 0 radical (unpaired) electrons. The van der Waals surface area contributed by atoms with E-state index in [2.05, 4.69) is 114 Å². The Hall–Kier alpha value is -5.28. The number of benzene rings is 4. The summed E-state index contributed by atoms with van der Waals surface area (Å²) < 4.78 is 6.38. The van der Waals surface area contributed by atoms with Gasteiger partial charge in [-0.1, -0.05) is 104 Å². The lowest BCUT2D eigenvalue weighted by molar-refractivity contribution is 0.569. The second-order valence-electron chi connectivity index (χ2n) is 12.8. The molecule has 2 aromatic heterocycles. The smallest absolute Gasteiger partial charge is 0.180 e. The van der Waals surface area contributed by atoms with Crippen LogP contribution in [0.25, 0.3) is 55.6 Å². The molecule has 2 heterocycles. The van der Waals surface area contributed by atoms with Crippen LogP contribution in [0.5, 0.6) is 0 Å². The first-order valence-electron chi connectivity index (χ1n) is 16.0. The monoisotopic (exact) mass is 578 g/mol. The third-order valence-corrected chi connectivity index (χ3v) is 10.6. The summed E-state index contributed by atoms with van der Waals surface area (Å²) in [5.74, 6) is 0.471.